The van der Waals surface area contributed by atoms with Crippen molar-refractivity contribution in [2.45, 2.75) is 39.4 Å². The maximum atomic E-state index is 13.2. The van der Waals surface area contributed by atoms with E-state index in [0.29, 0.717) is 18.9 Å². The molecule has 1 amide bonds. The van der Waals surface area contributed by atoms with E-state index in [1.54, 1.807) is 23.5 Å². The average molecular weight is 361 g/mol. The number of aromatic nitrogens is 1. The lowest BCUT2D eigenvalue weighted by Gasteiger charge is -2.34. The highest BCUT2D eigenvalue weighted by Crippen LogP contribution is 2.22. The number of thiazole rings is 1. The number of carbonyl (C=O) groups excluding carboxylic acids is 1. The van der Waals surface area contributed by atoms with Crippen LogP contribution in [-0.2, 0) is 17.9 Å². The zero-order chi connectivity index (χ0) is 17.8. The molecule has 2 aromatic rings. The molecule has 0 N–H and O–H groups in total. The Morgan fingerprint density at radius 1 is 1.28 bits per heavy atom. The van der Waals surface area contributed by atoms with Gasteiger partial charge >= 0.3 is 0 Å². The Hall–Kier alpha value is -1.79. The van der Waals surface area contributed by atoms with E-state index in [0.717, 1.165) is 30.9 Å². The Kier molecular flexibility index (Phi) is 5.81. The van der Waals surface area contributed by atoms with Crippen LogP contribution >= 0.6 is 11.3 Å². The van der Waals surface area contributed by atoms with E-state index >= 15 is 0 Å². The lowest BCUT2D eigenvalue weighted by atomic mass is 10.0. The molecule has 1 atom stereocenters. The van der Waals surface area contributed by atoms with Crippen molar-refractivity contribution in [2.24, 2.45) is 5.92 Å². The summed E-state index contributed by atoms with van der Waals surface area (Å²) in [5, 5.41) is 2.06. The van der Waals surface area contributed by atoms with E-state index in [9.17, 15) is 9.18 Å². The number of amides is 1. The quantitative estimate of drug-likeness (QED) is 0.817. The normalized spacial score (nSPS) is 19.4. The smallest absolute Gasteiger partial charge is 0.224 e. The van der Waals surface area contributed by atoms with E-state index < -0.39 is 0 Å². The van der Waals surface area contributed by atoms with E-state index in [2.05, 4.69) is 29.1 Å². The van der Waals surface area contributed by atoms with E-state index in [4.69, 9.17) is 0 Å². The van der Waals surface area contributed by atoms with Gasteiger partial charge in [0.1, 0.15) is 5.82 Å². The van der Waals surface area contributed by atoms with E-state index in [-0.39, 0.29) is 17.8 Å². The monoisotopic (exact) mass is 361 g/mol. The third-order valence-corrected chi connectivity index (χ3v) is 5.35. The molecule has 0 unspecified atom stereocenters. The van der Waals surface area contributed by atoms with Crippen LogP contribution in [-0.4, -0.2) is 39.8 Å². The highest BCUT2D eigenvalue weighted by molar-refractivity contribution is 7.07. The van der Waals surface area contributed by atoms with Crippen LogP contribution in [0.25, 0.3) is 0 Å². The van der Waals surface area contributed by atoms with Crippen LogP contribution in [0.2, 0.25) is 0 Å². The summed E-state index contributed by atoms with van der Waals surface area (Å²) in [4.78, 5) is 21.4. The van der Waals surface area contributed by atoms with Crippen LogP contribution in [0.15, 0.2) is 35.2 Å². The minimum atomic E-state index is -0.249. The molecule has 1 saturated heterocycles. The fourth-order valence-electron chi connectivity index (χ4n) is 3.29. The van der Waals surface area contributed by atoms with Crippen LogP contribution in [0.3, 0.4) is 0 Å². The molecular formula is C19H24FN3OS. The maximum absolute atomic E-state index is 13.2. The average Bonchev–Trinajstić information content (AvgIpc) is 3.04. The van der Waals surface area contributed by atoms with Crippen molar-refractivity contribution in [3.05, 3.63) is 52.2 Å². The lowest BCUT2D eigenvalue weighted by molar-refractivity contribution is -0.134. The molecule has 6 heteroatoms. The summed E-state index contributed by atoms with van der Waals surface area (Å²) in [6.07, 6.45) is 0.508. The van der Waals surface area contributed by atoms with Gasteiger partial charge in [-0.3, -0.25) is 9.69 Å². The Morgan fingerprint density at radius 3 is 2.68 bits per heavy atom. The molecule has 134 valence electrons. The first-order valence-electron chi connectivity index (χ1n) is 8.66. The molecule has 1 aromatic carbocycles. The van der Waals surface area contributed by atoms with Gasteiger partial charge in [0, 0.05) is 44.0 Å². The second kappa shape index (κ2) is 8.06. The number of hydrogen-bond donors (Lipinski definition) is 0. The molecule has 1 fully saturated rings. The van der Waals surface area contributed by atoms with Crippen LogP contribution in [0.1, 0.15) is 31.5 Å². The summed E-state index contributed by atoms with van der Waals surface area (Å²) in [7, 11) is 0. The highest BCUT2D eigenvalue weighted by atomic mass is 32.1. The van der Waals surface area contributed by atoms with Crippen molar-refractivity contribution >= 4 is 17.2 Å². The number of hydrogen-bond acceptors (Lipinski definition) is 4. The fraction of sp³-hybridized carbons (Fsp3) is 0.474. The summed E-state index contributed by atoms with van der Waals surface area (Å²) in [6.45, 7) is 7.21. The van der Waals surface area contributed by atoms with Crippen LogP contribution < -0.4 is 0 Å². The van der Waals surface area contributed by atoms with Gasteiger partial charge in [-0.1, -0.05) is 26.0 Å². The molecule has 1 aromatic heterocycles. The van der Waals surface area contributed by atoms with Crippen molar-refractivity contribution < 1.29 is 9.18 Å². The molecule has 0 radical (unpaired) electrons. The molecule has 25 heavy (non-hydrogen) atoms. The number of rotatable bonds is 5. The van der Waals surface area contributed by atoms with Gasteiger partial charge < -0.3 is 4.90 Å². The minimum Gasteiger partial charge on any atom is -0.334 e. The molecule has 3 rings (SSSR count). The van der Waals surface area contributed by atoms with Gasteiger partial charge in [-0.25, -0.2) is 9.37 Å². The van der Waals surface area contributed by atoms with Gasteiger partial charge in [-0.15, -0.1) is 11.3 Å². The van der Waals surface area contributed by atoms with E-state index in [1.165, 1.54) is 12.1 Å². The van der Waals surface area contributed by atoms with Gasteiger partial charge in [0.05, 0.1) is 11.2 Å². The maximum Gasteiger partial charge on any atom is 0.224 e. The van der Waals surface area contributed by atoms with Gasteiger partial charge in [-0.2, -0.15) is 0 Å². The lowest BCUT2D eigenvalue weighted by Crippen LogP contribution is -2.45. The van der Waals surface area contributed by atoms with Crippen LogP contribution in [0.4, 0.5) is 4.39 Å². The van der Waals surface area contributed by atoms with Gasteiger partial charge in [0.15, 0.2) is 0 Å². The second-order valence-electron chi connectivity index (χ2n) is 6.92. The van der Waals surface area contributed by atoms with E-state index in [1.807, 2.05) is 10.4 Å². The number of nitrogens with zero attached hydrogens (tertiary/aromatic N) is 3. The Balaban J connectivity index is 1.76. The molecule has 0 aliphatic carbocycles. The Bertz CT molecular complexity index is 687. The molecule has 4 nitrogen and oxygen atoms in total. The summed E-state index contributed by atoms with van der Waals surface area (Å²) in [5.74, 6) is 0.269. The van der Waals surface area contributed by atoms with Crippen LogP contribution in [0.5, 0.6) is 0 Å². The largest absolute Gasteiger partial charge is 0.334 e. The summed E-state index contributed by atoms with van der Waals surface area (Å²) in [6, 6.07) is 6.57. The van der Waals surface area contributed by atoms with Crippen molar-refractivity contribution in [1.82, 2.24) is 14.8 Å². The second-order valence-corrected chi connectivity index (χ2v) is 7.64. The molecule has 0 spiro atoms. The van der Waals surface area contributed by atoms with Crippen molar-refractivity contribution in [3.63, 3.8) is 0 Å². The molecule has 1 aliphatic rings. The number of halogens is 1. The molecule has 1 aliphatic heterocycles. The van der Waals surface area contributed by atoms with Crippen LogP contribution in [0, 0.1) is 11.7 Å². The van der Waals surface area contributed by atoms with Crippen molar-refractivity contribution in [1.29, 1.82) is 0 Å². The Morgan fingerprint density at radius 2 is 2.04 bits per heavy atom. The van der Waals surface area contributed by atoms with Crippen molar-refractivity contribution in [2.75, 3.05) is 13.1 Å². The SMILES string of the molecule is CC(C)[C@H]1CN(Cc2cscn2)CCC(=O)N1Cc1ccc(F)cc1. The Labute approximate surface area is 152 Å². The third-order valence-electron chi connectivity index (χ3n) is 4.71. The summed E-state index contributed by atoms with van der Waals surface area (Å²) < 4.78 is 13.2. The standard InChI is InChI=1S/C19H24FN3OS/c1-14(2)18-11-22(10-17-12-25-13-21-17)8-7-19(24)23(18)9-15-3-5-16(20)6-4-15/h3-6,12-14,18H,7-11H2,1-2H3/t18-/m1/s1. The summed E-state index contributed by atoms with van der Waals surface area (Å²) in [5.41, 5.74) is 3.87. The fourth-order valence-corrected chi connectivity index (χ4v) is 3.84. The molecule has 0 bridgehead atoms. The third kappa shape index (κ3) is 4.64. The zero-order valence-corrected chi connectivity index (χ0v) is 15.5. The molecular weight excluding hydrogens is 337 g/mol. The topological polar surface area (TPSA) is 36.4 Å². The first-order chi connectivity index (χ1) is 12.0. The first-order valence-corrected chi connectivity index (χ1v) is 9.60. The minimum absolute atomic E-state index is 0.138. The highest BCUT2D eigenvalue weighted by Gasteiger charge is 2.31. The van der Waals surface area contributed by atoms with Crippen molar-refractivity contribution in [3.8, 4) is 0 Å². The predicted octanol–water partition coefficient (Wildman–Crippen LogP) is 3.54. The number of benzene rings is 1. The van der Waals surface area contributed by atoms with Gasteiger partial charge in [0.25, 0.3) is 0 Å². The van der Waals surface area contributed by atoms with Gasteiger partial charge in [0.2, 0.25) is 5.91 Å². The zero-order valence-electron chi connectivity index (χ0n) is 14.7. The summed E-state index contributed by atoms with van der Waals surface area (Å²) >= 11 is 1.60. The predicted molar refractivity (Wildman–Crippen MR) is 97.6 cm³/mol. The van der Waals surface area contributed by atoms with Gasteiger partial charge in [-0.05, 0) is 23.6 Å². The number of carbonyl (C=O) groups is 1. The molecule has 0 saturated carbocycles. The first kappa shape index (κ1) is 18.0. The molecule has 2 heterocycles.